The topological polar surface area (TPSA) is 52.5 Å². The van der Waals surface area contributed by atoms with Crippen LogP contribution in [0.1, 0.15) is 0 Å². The van der Waals surface area contributed by atoms with E-state index in [-0.39, 0.29) is 6.61 Å². The van der Waals surface area contributed by atoms with Gasteiger partial charge in [0, 0.05) is 16.9 Å². The second-order valence-corrected chi connectivity index (χ2v) is 4.34. The van der Waals surface area contributed by atoms with Gasteiger partial charge < -0.3 is 15.5 Å². The largest absolute Gasteiger partial charge is 0.394 e. The van der Waals surface area contributed by atoms with Crippen LogP contribution in [0.15, 0.2) is 29.6 Å². The van der Waals surface area contributed by atoms with Crippen LogP contribution in [0.25, 0.3) is 10.1 Å². The molecule has 1 heterocycles. The molecule has 3 N–H and O–H groups in total. The molecule has 0 saturated carbocycles. The van der Waals surface area contributed by atoms with Crippen molar-refractivity contribution in [1.29, 1.82) is 0 Å². The summed E-state index contributed by atoms with van der Waals surface area (Å²) in [5, 5.41) is 24.2. The zero-order valence-electron chi connectivity index (χ0n) is 8.18. The number of rotatable bonds is 4. The Morgan fingerprint density at radius 2 is 2.20 bits per heavy atom. The van der Waals surface area contributed by atoms with E-state index in [0.29, 0.717) is 6.54 Å². The number of anilines is 1. The summed E-state index contributed by atoms with van der Waals surface area (Å²) in [6.07, 6.45) is -0.705. The van der Waals surface area contributed by atoms with Gasteiger partial charge in [0.05, 0.1) is 12.7 Å². The van der Waals surface area contributed by atoms with Gasteiger partial charge in [-0.1, -0.05) is 0 Å². The van der Waals surface area contributed by atoms with Crippen LogP contribution in [0, 0.1) is 0 Å². The minimum atomic E-state index is -0.705. The van der Waals surface area contributed by atoms with Crippen molar-refractivity contribution in [3.63, 3.8) is 0 Å². The molecule has 3 nitrogen and oxygen atoms in total. The fourth-order valence-corrected chi connectivity index (χ4v) is 2.15. The van der Waals surface area contributed by atoms with Crippen LogP contribution < -0.4 is 5.32 Å². The lowest BCUT2D eigenvalue weighted by atomic mass is 10.2. The Morgan fingerprint density at radius 1 is 1.33 bits per heavy atom. The average molecular weight is 223 g/mol. The highest BCUT2D eigenvalue weighted by molar-refractivity contribution is 7.17. The van der Waals surface area contributed by atoms with Crippen LogP contribution in [0.4, 0.5) is 5.69 Å². The van der Waals surface area contributed by atoms with Crippen LogP contribution in [0.5, 0.6) is 0 Å². The van der Waals surface area contributed by atoms with Crippen molar-refractivity contribution in [3.05, 3.63) is 29.6 Å². The Balaban J connectivity index is 2.08. The molecule has 2 aromatic rings. The minimum Gasteiger partial charge on any atom is -0.394 e. The van der Waals surface area contributed by atoms with E-state index < -0.39 is 6.10 Å². The summed E-state index contributed by atoms with van der Waals surface area (Å²) in [6.45, 7) is 0.153. The van der Waals surface area contributed by atoms with Gasteiger partial charge in [0.25, 0.3) is 0 Å². The van der Waals surface area contributed by atoms with E-state index in [1.165, 1.54) is 10.1 Å². The predicted molar refractivity (Wildman–Crippen MR) is 63.4 cm³/mol. The van der Waals surface area contributed by atoms with Gasteiger partial charge in [0.1, 0.15) is 0 Å². The second-order valence-electron chi connectivity index (χ2n) is 3.39. The number of thiophene rings is 1. The van der Waals surface area contributed by atoms with Crippen molar-refractivity contribution in [2.45, 2.75) is 6.10 Å². The lowest BCUT2D eigenvalue weighted by Gasteiger charge is -2.09. The number of fused-ring (bicyclic) bond motifs is 1. The van der Waals surface area contributed by atoms with Crippen LogP contribution in [0.3, 0.4) is 0 Å². The van der Waals surface area contributed by atoms with Crippen molar-refractivity contribution in [2.24, 2.45) is 0 Å². The Bertz CT molecular complexity index is 441. The maximum absolute atomic E-state index is 9.18. The maximum atomic E-state index is 9.18. The van der Waals surface area contributed by atoms with Gasteiger partial charge in [0.15, 0.2) is 0 Å². The third kappa shape index (κ3) is 2.47. The molecule has 1 aromatic heterocycles. The third-order valence-electron chi connectivity index (χ3n) is 2.20. The lowest BCUT2D eigenvalue weighted by molar-refractivity contribution is 0.105. The molecule has 0 unspecified atom stereocenters. The summed E-state index contributed by atoms with van der Waals surface area (Å²) in [5.74, 6) is 0. The van der Waals surface area contributed by atoms with Gasteiger partial charge in [-0.05, 0) is 35.0 Å². The van der Waals surface area contributed by atoms with Crippen LogP contribution in [-0.2, 0) is 0 Å². The first-order valence-corrected chi connectivity index (χ1v) is 5.67. The molecular weight excluding hydrogens is 210 g/mol. The predicted octanol–water partition coefficient (Wildman–Crippen LogP) is 1.67. The summed E-state index contributed by atoms with van der Waals surface area (Å²) in [4.78, 5) is 0. The maximum Gasteiger partial charge on any atom is 0.0942 e. The molecule has 15 heavy (non-hydrogen) atoms. The summed E-state index contributed by atoms with van der Waals surface area (Å²) in [5.41, 5.74) is 0.966. The van der Waals surface area contributed by atoms with Crippen molar-refractivity contribution in [1.82, 2.24) is 0 Å². The summed E-state index contributed by atoms with van der Waals surface area (Å²) >= 11 is 1.71. The lowest BCUT2D eigenvalue weighted by Crippen LogP contribution is -2.22. The van der Waals surface area contributed by atoms with Crippen molar-refractivity contribution < 1.29 is 10.2 Å². The Kier molecular flexibility index (Phi) is 3.20. The number of benzene rings is 1. The highest BCUT2D eigenvalue weighted by atomic mass is 32.1. The number of aliphatic hydroxyl groups excluding tert-OH is 2. The van der Waals surface area contributed by atoms with Gasteiger partial charge >= 0.3 is 0 Å². The SMILES string of the molecule is OC[C@@H](O)CNc1ccc2sccc2c1. The molecule has 80 valence electrons. The first-order chi connectivity index (χ1) is 7.29. The molecule has 4 heteroatoms. The van der Waals surface area contributed by atoms with E-state index in [4.69, 9.17) is 5.11 Å². The van der Waals surface area contributed by atoms with Gasteiger partial charge in [-0.25, -0.2) is 0 Å². The smallest absolute Gasteiger partial charge is 0.0942 e. The Morgan fingerprint density at radius 3 is 3.00 bits per heavy atom. The van der Waals surface area contributed by atoms with E-state index in [9.17, 15) is 5.11 Å². The molecule has 1 aromatic carbocycles. The second kappa shape index (κ2) is 4.61. The third-order valence-corrected chi connectivity index (χ3v) is 3.10. The van der Waals surface area contributed by atoms with Crippen LogP contribution in [0.2, 0.25) is 0 Å². The quantitative estimate of drug-likeness (QED) is 0.739. The molecule has 0 saturated heterocycles. The number of hydrogen-bond acceptors (Lipinski definition) is 4. The van der Waals surface area contributed by atoms with E-state index in [1.807, 2.05) is 18.2 Å². The molecule has 0 spiro atoms. The number of nitrogens with one attached hydrogen (secondary N) is 1. The average Bonchev–Trinajstić information content (AvgIpc) is 2.72. The van der Waals surface area contributed by atoms with Crippen molar-refractivity contribution in [3.8, 4) is 0 Å². The Hall–Kier alpha value is -1.10. The first kappa shape index (κ1) is 10.4. The van der Waals surface area contributed by atoms with Crippen LogP contribution in [-0.4, -0.2) is 29.5 Å². The molecule has 0 fully saturated rings. The normalized spacial score (nSPS) is 12.9. The summed E-state index contributed by atoms with van der Waals surface area (Å²) in [7, 11) is 0. The fraction of sp³-hybridized carbons (Fsp3) is 0.273. The van der Waals surface area contributed by atoms with Gasteiger partial charge in [-0.2, -0.15) is 0 Å². The monoisotopic (exact) mass is 223 g/mol. The highest BCUT2D eigenvalue weighted by Gasteiger charge is 2.02. The van der Waals surface area contributed by atoms with Crippen molar-refractivity contribution >= 4 is 27.1 Å². The Labute approximate surface area is 92.0 Å². The standard InChI is InChI=1S/C11H13NO2S/c13-7-10(14)6-12-9-1-2-11-8(5-9)3-4-15-11/h1-5,10,12-14H,6-7H2/t10-/m0/s1. The molecule has 1 atom stereocenters. The van der Waals surface area contributed by atoms with Crippen LogP contribution >= 0.6 is 11.3 Å². The van der Waals surface area contributed by atoms with Gasteiger partial charge in [0.2, 0.25) is 0 Å². The molecular formula is C11H13NO2S. The fourth-order valence-electron chi connectivity index (χ4n) is 1.38. The molecule has 0 bridgehead atoms. The molecule has 0 aliphatic heterocycles. The molecule has 0 amide bonds. The molecule has 0 aliphatic rings. The minimum absolute atomic E-state index is 0.215. The molecule has 0 aliphatic carbocycles. The number of hydrogen-bond donors (Lipinski definition) is 3. The first-order valence-electron chi connectivity index (χ1n) is 4.79. The number of aliphatic hydroxyl groups is 2. The molecule has 2 rings (SSSR count). The highest BCUT2D eigenvalue weighted by Crippen LogP contribution is 2.23. The zero-order valence-corrected chi connectivity index (χ0v) is 9.00. The summed E-state index contributed by atoms with van der Waals surface area (Å²) in [6, 6.07) is 8.13. The summed E-state index contributed by atoms with van der Waals surface area (Å²) < 4.78 is 1.25. The van der Waals surface area contributed by atoms with E-state index >= 15 is 0 Å². The van der Waals surface area contributed by atoms with Gasteiger partial charge in [-0.3, -0.25) is 0 Å². The van der Waals surface area contributed by atoms with E-state index in [0.717, 1.165) is 5.69 Å². The van der Waals surface area contributed by atoms with Crippen molar-refractivity contribution in [2.75, 3.05) is 18.5 Å². The van der Waals surface area contributed by atoms with E-state index in [1.54, 1.807) is 11.3 Å². The zero-order chi connectivity index (χ0) is 10.7. The van der Waals surface area contributed by atoms with Gasteiger partial charge in [-0.15, -0.1) is 11.3 Å². The molecule has 0 radical (unpaired) electrons. The van der Waals surface area contributed by atoms with E-state index in [2.05, 4.69) is 16.8 Å².